The van der Waals surface area contributed by atoms with E-state index in [2.05, 4.69) is 17.1 Å². The Labute approximate surface area is 116 Å². The predicted molar refractivity (Wildman–Crippen MR) is 78.3 cm³/mol. The van der Waals surface area contributed by atoms with Crippen LogP contribution in [-0.4, -0.2) is 4.98 Å². The van der Waals surface area contributed by atoms with Crippen LogP contribution in [0, 0.1) is 0 Å². The molecule has 94 valence electrons. The molecule has 3 aromatic rings. The van der Waals surface area contributed by atoms with Crippen molar-refractivity contribution in [1.82, 2.24) is 4.98 Å². The summed E-state index contributed by atoms with van der Waals surface area (Å²) in [7, 11) is 0. The molecule has 0 aliphatic heterocycles. The highest BCUT2D eigenvalue weighted by Gasteiger charge is 2.05. The van der Waals surface area contributed by atoms with Crippen molar-refractivity contribution in [2.24, 2.45) is 0 Å². The van der Waals surface area contributed by atoms with Gasteiger partial charge in [-0.05, 0) is 5.56 Å². The molecule has 0 fully saturated rings. The Morgan fingerprint density at radius 3 is 2.32 bits per heavy atom. The zero-order valence-corrected chi connectivity index (χ0v) is 11.1. The lowest BCUT2D eigenvalue weighted by atomic mass is 10.2. The molecule has 1 aromatic heterocycles. The van der Waals surface area contributed by atoms with E-state index in [0.717, 1.165) is 16.8 Å². The summed E-state index contributed by atoms with van der Waals surface area (Å²) in [4.78, 5) is 4.49. The number of hydrogen-bond donors (Lipinski definition) is 0. The van der Waals surface area contributed by atoms with E-state index in [9.17, 15) is 0 Å². The van der Waals surface area contributed by atoms with Gasteiger partial charge < -0.3 is 4.74 Å². The van der Waals surface area contributed by atoms with E-state index in [1.54, 1.807) is 0 Å². The Kier molecular flexibility index (Phi) is 3.56. The molecule has 0 saturated carbocycles. The summed E-state index contributed by atoms with van der Waals surface area (Å²) in [6, 6.07) is 20.2. The normalized spacial score (nSPS) is 10.3. The van der Waals surface area contributed by atoms with E-state index in [1.165, 1.54) is 11.3 Å². The molecule has 0 radical (unpaired) electrons. The second-order valence-electron chi connectivity index (χ2n) is 4.14. The maximum absolute atomic E-state index is 5.70. The number of rotatable bonds is 4. The molecule has 0 bridgehead atoms. The van der Waals surface area contributed by atoms with Crippen LogP contribution in [0.1, 0.15) is 5.56 Å². The minimum Gasteiger partial charge on any atom is -0.465 e. The molecule has 3 heteroatoms. The van der Waals surface area contributed by atoms with Crippen LogP contribution in [0.2, 0.25) is 0 Å². The second kappa shape index (κ2) is 5.67. The predicted octanol–water partition coefficient (Wildman–Crippen LogP) is 4.39. The Hall–Kier alpha value is -2.13. The van der Waals surface area contributed by atoms with E-state index in [-0.39, 0.29) is 0 Å². The first kappa shape index (κ1) is 11.9. The molecular weight excluding hydrogens is 254 g/mol. The van der Waals surface area contributed by atoms with E-state index >= 15 is 0 Å². The van der Waals surface area contributed by atoms with Crippen LogP contribution in [-0.2, 0) is 6.61 Å². The van der Waals surface area contributed by atoms with Crippen molar-refractivity contribution < 1.29 is 4.74 Å². The molecule has 0 N–H and O–H groups in total. The molecular formula is C16H13NOS. The Balaban J connectivity index is 1.69. The number of ether oxygens (including phenoxy) is 1. The molecule has 19 heavy (non-hydrogen) atoms. The zero-order chi connectivity index (χ0) is 12.9. The molecule has 0 saturated heterocycles. The molecule has 0 aliphatic rings. The summed E-state index contributed by atoms with van der Waals surface area (Å²) in [5.41, 5.74) is 3.24. The first-order valence-electron chi connectivity index (χ1n) is 6.09. The molecule has 0 atom stereocenters. The standard InChI is InChI=1S/C16H13NOS/c1-3-7-13(8-4-1)11-18-16-17-15(12-19-16)14-9-5-2-6-10-14/h1-10,12H,11H2. The van der Waals surface area contributed by atoms with Crippen LogP contribution in [0.4, 0.5) is 0 Å². The van der Waals surface area contributed by atoms with Gasteiger partial charge in [0.25, 0.3) is 5.19 Å². The highest BCUT2D eigenvalue weighted by Crippen LogP contribution is 2.26. The average Bonchev–Trinajstić information content (AvgIpc) is 2.96. The summed E-state index contributed by atoms with van der Waals surface area (Å²) in [6.45, 7) is 0.558. The fourth-order valence-electron chi connectivity index (χ4n) is 1.78. The van der Waals surface area contributed by atoms with Gasteiger partial charge >= 0.3 is 0 Å². The molecule has 0 spiro atoms. The van der Waals surface area contributed by atoms with Crippen LogP contribution in [0.25, 0.3) is 11.3 Å². The third kappa shape index (κ3) is 3.01. The summed E-state index contributed by atoms with van der Waals surface area (Å²) in [6.07, 6.45) is 0. The monoisotopic (exact) mass is 267 g/mol. The molecule has 2 nitrogen and oxygen atoms in total. The fraction of sp³-hybridized carbons (Fsp3) is 0.0625. The summed E-state index contributed by atoms with van der Waals surface area (Å²) >= 11 is 1.53. The van der Waals surface area contributed by atoms with Crippen LogP contribution >= 0.6 is 11.3 Å². The molecule has 0 amide bonds. The maximum atomic E-state index is 5.70. The minimum absolute atomic E-state index is 0.558. The van der Waals surface area contributed by atoms with Gasteiger partial charge in [-0.1, -0.05) is 72.0 Å². The van der Waals surface area contributed by atoms with E-state index in [1.807, 2.05) is 53.9 Å². The average molecular weight is 267 g/mol. The summed E-state index contributed by atoms with van der Waals surface area (Å²) < 4.78 is 5.70. The zero-order valence-electron chi connectivity index (χ0n) is 10.3. The smallest absolute Gasteiger partial charge is 0.274 e. The van der Waals surface area contributed by atoms with Crippen LogP contribution in [0.15, 0.2) is 66.0 Å². The number of thiazole rings is 1. The van der Waals surface area contributed by atoms with Gasteiger partial charge in [-0.15, -0.1) is 0 Å². The minimum atomic E-state index is 0.558. The van der Waals surface area contributed by atoms with Gasteiger partial charge in [0.2, 0.25) is 0 Å². The Morgan fingerprint density at radius 1 is 0.895 bits per heavy atom. The number of nitrogens with zero attached hydrogens (tertiary/aromatic N) is 1. The SMILES string of the molecule is c1ccc(COc2nc(-c3ccccc3)cs2)cc1. The van der Waals surface area contributed by atoms with Crippen LogP contribution in [0.3, 0.4) is 0 Å². The van der Waals surface area contributed by atoms with Gasteiger partial charge in [0.1, 0.15) is 6.61 Å². The molecule has 2 aromatic carbocycles. The van der Waals surface area contributed by atoms with Crippen molar-refractivity contribution in [1.29, 1.82) is 0 Å². The molecule has 1 heterocycles. The molecule has 3 rings (SSSR count). The van der Waals surface area contributed by atoms with Crippen molar-refractivity contribution in [3.05, 3.63) is 71.6 Å². The third-order valence-corrected chi connectivity index (χ3v) is 3.51. The lowest BCUT2D eigenvalue weighted by molar-refractivity contribution is 0.305. The number of aromatic nitrogens is 1. The maximum Gasteiger partial charge on any atom is 0.274 e. The highest BCUT2D eigenvalue weighted by molar-refractivity contribution is 7.11. The van der Waals surface area contributed by atoms with Gasteiger partial charge in [-0.3, -0.25) is 0 Å². The second-order valence-corrected chi connectivity index (χ2v) is 4.96. The topological polar surface area (TPSA) is 22.1 Å². The van der Waals surface area contributed by atoms with E-state index in [4.69, 9.17) is 4.74 Å². The summed E-state index contributed by atoms with van der Waals surface area (Å²) in [5, 5.41) is 2.73. The quantitative estimate of drug-likeness (QED) is 0.699. The van der Waals surface area contributed by atoms with Crippen LogP contribution < -0.4 is 4.74 Å². The van der Waals surface area contributed by atoms with Crippen LogP contribution in [0.5, 0.6) is 5.19 Å². The summed E-state index contributed by atoms with van der Waals surface area (Å²) in [5.74, 6) is 0. The number of hydrogen-bond acceptors (Lipinski definition) is 3. The van der Waals surface area contributed by atoms with Crippen molar-refractivity contribution in [2.45, 2.75) is 6.61 Å². The first-order chi connectivity index (χ1) is 9.42. The molecule has 0 unspecified atom stereocenters. The highest BCUT2D eigenvalue weighted by atomic mass is 32.1. The Morgan fingerprint density at radius 2 is 1.58 bits per heavy atom. The first-order valence-corrected chi connectivity index (χ1v) is 6.97. The molecule has 0 aliphatic carbocycles. The largest absolute Gasteiger partial charge is 0.465 e. The van der Waals surface area contributed by atoms with Crippen molar-refractivity contribution in [3.63, 3.8) is 0 Å². The van der Waals surface area contributed by atoms with E-state index < -0.39 is 0 Å². The van der Waals surface area contributed by atoms with Crippen molar-refractivity contribution >= 4 is 11.3 Å². The van der Waals surface area contributed by atoms with Crippen molar-refractivity contribution in [2.75, 3.05) is 0 Å². The Bertz CT molecular complexity index is 634. The van der Waals surface area contributed by atoms with Gasteiger partial charge in [-0.2, -0.15) is 0 Å². The van der Waals surface area contributed by atoms with Gasteiger partial charge in [0.15, 0.2) is 0 Å². The third-order valence-electron chi connectivity index (χ3n) is 2.76. The van der Waals surface area contributed by atoms with Gasteiger partial charge in [0, 0.05) is 10.9 Å². The van der Waals surface area contributed by atoms with E-state index in [0.29, 0.717) is 11.8 Å². The lowest BCUT2D eigenvalue weighted by Gasteiger charge is -2.01. The van der Waals surface area contributed by atoms with Gasteiger partial charge in [0.05, 0.1) is 5.69 Å². The fourth-order valence-corrected chi connectivity index (χ4v) is 2.46. The van der Waals surface area contributed by atoms with Gasteiger partial charge in [-0.25, -0.2) is 4.98 Å². The lowest BCUT2D eigenvalue weighted by Crippen LogP contribution is -1.94. The van der Waals surface area contributed by atoms with Crippen molar-refractivity contribution in [3.8, 4) is 16.5 Å². The number of benzene rings is 2.